The molecule has 0 fully saturated rings. The first kappa shape index (κ1) is 29.9. The first-order chi connectivity index (χ1) is 2.83. The molecule has 0 aliphatic rings. The Labute approximate surface area is 142 Å². The van der Waals surface area contributed by atoms with E-state index in [0.29, 0.717) is 0 Å². The van der Waals surface area contributed by atoms with Crippen LogP contribution < -0.4 is 103 Å². The minimum absolute atomic E-state index is 0. The van der Waals surface area contributed by atoms with Gasteiger partial charge in [0.25, 0.3) is 0 Å². The maximum atomic E-state index is 8.68. The summed E-state index contributed by atoms with van der Waals surface area (Å²) in [5, 5.41) is 0. The second kappa shape index (κ2) is 46.1. The third-order valence-corrected chi connectivity index (χ3v) is 0. The molecule has 0 aromatic heterocycles. The summed E-state index contributed by atoms with van der Waals surface area (Å²) in [5.41, 5.74) is 0. The van der Waals surface area contributed by atoms with Gasteiger partial charge in [-0.05, 0) is 0 Å². The van der Waals surface area contributed by atoms with Crippen LogP contribution in [0, 0.1) is 7.43 Å². The van der Waals surface area contributed by atoms with Crippen LogP contribution in [0.3, 0.4) is 0 Å². The molecule has 9 heavy (non-hydrogen) atoms. The summed E-state index contributed by atoms with van der Waals surface area (Å²) >= 11 is 0. The maximum absolute atomic E-state index is 8.68. The molecule has 0 aliphatic carbocycles. The third-order valence-electron chi connectivity index (χ3n) is 0. The number of carbonyl (C=O) groups excluding carboxylic acids is 2. The predicted octanol–water partition coefficient (Wildman–Crippen LogP) is -5.31. The molecule has 0 amide bonds. The van der Waals surface area contributed by atoms with E-state index in [2.05, 4.69) is 0 Å². The Hall–Kier alpha value is 2.61. The molecule has 0 atom stereocenters. The van der Waals surface area contributed by atoms with E-state index in [-0.39, 0.29) is 110 Å². The minimum Gasteiger partial charge on any atom is -0.542 e. The largest absolute Gasteiger partial charge is 1.00 e. The van der Waals surface area contributed by atoms with Crippen molar-refractivity contribution in [3.8, 4) is 0 Å². The molecule has 0 aromatic carbocycles. The molecule has 0 saturated heterocycles. The van der Waals surface area contributed by atoms with Crippen LogP contribution >= 0.6 is 0 Å². The fourth-order valence-corrected chi connectivity index (χ4v) is 0. The van der Waals surface area contributed by atoms with E-state index >= 15 is 0 Å². The van der Waals surface area contributed by atoms with Gasteiger partial charge in [0.05, 0.1) is 0 Å². The van der Waals surface area contributed by atoms with Gasteiger partial charge in [-0.1, -0.05) is 0 Å². The molecule has 44 valence electrons. The van der Waals surface area contributed by atoms with E-state index in [1.165, 1.54) is 26.4 Å². The Morgan fingerprint density at radius 1 is 0.889 bits per heavy atom. The van der Waals surface area contributed by atoms with Crippen LogP contribution in [-0.2, 0) is 9.59 Å². The second-order valence-electron chi connectivity index (χ2n) is 0.408. The summed E-state index contributed by atoms with van der Waals surface area (Å²) in [6, 6.07) is 0. The fraction of sp³-hybridized carbons (Fsp3) is 0.400. The molecule has 0 spiro atoms. The van der Waals surface area contributed by atoms with Crippen LogP contribution in [0.1, 0.15) is 13.8 Å². The maximum Gasteiger partial charge on any atom is 1.00 e. The predicted molar refractivity (Wildman–Crippen MR) is 29.1 cm³/mol. The topological polar surface area (TPSA) is 34.1 Å². The monoisotopic (exact) mass is 179 g/mol. The van der Waals surface area contributed by atoms with Crippen LogP contribution in [0.4, 0.5) is 0 Å². The average Bonchev–Trinajstić information content (AvgIpc) is 1.39. The Bertz CT molecular complexity index is 33.9. The number of rotatable bonds is 0. The SMILES string of the molecule is C[C-]=O.C[C-]=O.[CH3-].[K+].[K+]. The van der Waals surface area contributed by atoms with Gasteiger partial charge < -0.3 is 17.0 Å². The van der Waals surface area contributed by atoms with Crippen molar-refractivity contribution in [2.45, 2.75) is 13.8 Å². The van der Waals surface area contributed by atoms with Crippen molar-refractivity contribution >= 4 is 12.6 Å². The molecule has 0 heterocycles. The van der Waals surface area contributed by atoms with Crippen LogP contribution in [0.2, 0.25) is 0 Å². The van der Waals surface area contributed by atoms with Crippen LogP contribution in [0.15, 0.2) is 0 Å². The molecule has 0 saturated carbocycles. The third kappa shape index (κ3) is 115. The number of hydrogen-bond donors (Lipinski definition) is 0. The smallest absolute Gasteiger partial charge is 0.542 e. The van der Waals surface area contributed by atoms with Gasteiger partial charge in [-0.3, -0.25) is 12.6 Å². The minimum atomic E-state index is 0. The van der Waals surface area contributed by atoms with Crippen molar-refractivity contribution in [2.24, 2.45) is 0 Å². The van der Waals surface area contributed by atoms with Gasteiger partial charge in [0.2, 0.25) is 0 Å². The zero-order valence-corrected chi connectivity index (χ0v) is 13.1. The van der Waals surface area contributed by atoms with Crippen molar-refractivity contribution in [2.75, 3.05) is 0 Å². The molecular weight excluding hydrogens is 170 g/mol. The van der Waals surface area contributed by atoms with Gasteiger partial charge in [-0.25, -0.2) is 0 Å². The van der Waals surface area contributed by atoms with E-state index < -0.39 is 0 Å². The Morgan fingerprint density at radius 2 is 0.889 bits per heavy atom. The van der Waals surface area contributed by atoms with Gasteiger partial charge in [-0.2, -0.15) is 13.8 Å². The van der Waals surface area contributed by atoms with Gasteiger partial charge in [0.15, 0.2) is 0 Å². The molecule has 0 radical (unpaired) electrons. The summed E-state index contributed by atoms with van der Waals surface area (Å²) in [6.45, 7) is 2.64. The summed E-state index contributed by atoms with van der Waals surface area (Å²) < 4.78 is 0. The Kier molecular flexibility index (Phi) is 153. The van der Waals surface area contributed by atoms with Crippen LogP contribution in [-0.4, -0.2) is 12.6 Å². The van der Waals surface area contributed by atoms with Crippen molar-refractivity contribution < 1.29 is 112 Å². The van der Waals surface area contributed by atoms with E-state index in [1.807, 2.05) is 0 Å². The average molecular weight is 179 g/mol. The van der Waals surface area contributed by atoms with Crippen molar-refractivity contribution in [1.82, 2.24) is 0 Å². The molecule has 0 bridgehead atoms. The molecule has 0 unspecified atom stereocenters. The first-order valence-electron chi connectivity index (χ1n) is 1.41. The van der Waals surface area contributed by atoms with Crippen molar-refractivity contribution in [3.05, 3.63) is 7.43 Å². The number of hydrogen-bond acceptors (Lipinski definition) is 2. The van der Waals surface area contributed by atoms with Gasteiger partial charge in [0.1, 0.15) is 0 Å². The normalized spacial score (nSPS) is 2.89. The molecule has 4 heteroatoms. The van der Waals surface area contributed by atoms with Gasteiger partial charge >= 0.3 is 103 Å². The Morgan fingerprint density at radius 3 is 0.889 bits per heavy atom. The van der Waals surface area contributed by atoms with Crippen LogP contribution in [0.25, 0.3) is 0 Å². The molecule has 0 rings (SSSR count). The van der Waals surface area contributed by atoms with Gasteiger partial charge in [0, 0.05) is 0 Å². The summed E-state index contributed by atoms with van der Waals surface area (Å²) in [7, 11) is 0. The standard InChI is InChI=1S/2C2H3O.CH3.2K/c2*1-2-3;;;/h2*1H3;1H3;;/q3*-1;2*+1. The molecule has 0 aromatic rings. The fourth-order valence-electron chi connectivity index (χ4n) is 0. The molecule has 2 nitrogen and oxygen atoms in total. The van der Waals surface area contributed by atoms with Crippen molar-refractivity contribution in [1.29, 1.82) is 0 Å². The summed E-state index contributed by atoms with van der Waals surface area (Å²) in [4.78, 5) is 17.4. The second-order valence-corrected chi connectivity index (χ2v) is 0.408. The molecule has 0 N–H and O–H groups in total. The Balaban J connectivity index is -0.00000000889. The van der Waals surface area contributed by atoms with Crippen molar-refractivity contribution in [3.63, 3.8) is 0 Å². The van der Waals surface area contributed by atoms with E-state index in [4.69, 9.17) is 9.59 Å². The van der Waals surface area contributed by atoms with Crippen LogP contribution in [0.5, 0.6) is 0 Å². The van der Waals surface area contributed by atoms with E-state index in [9.17, 15) is 0 Å². The zero-order chi connectivity index (χ0) is 5.41. The summed E-state index contributed by atoms with van der Waals surface area (Å²) in [6.07, 6.45) is 3.00. The summed E-state index contributed by atoms with van der Waals surface area (Å²) in [5.74, 6) is 0. The zero-order valence-electron chi connectivity index (χ0n) is 6.82. The quantitative estimate of drug-likeness (QED) is 0.275. The van der Waals surface area contributed by atoms with E-state index in [0.717, 1.165) is 0 Å². The first-order valence-corrected chi connectivity index (χ1v) is 1.41. The molecular formula is C5H9K2O2-. The molecule has 0 aliphatic heterocycles. The van der Waals surface area contributed by atoms with Gasteiger partial charge in [-0.15, -0.1) is 0 Å². The van der Waals surface area contributed by atoms with E-state index in [1.54, 1.807) is 0 Å².